The SMILES string of the molecule is N#Cc1ccc(/C=N\NC(=O)c2cccc(S(=O)(=O)Nc3cc(Cl)ccc3Cl)c2)cc1. The van der Waals surface area contributed by atoms with Gasteiger partial charge in [0, 0.05) is 10.6 Å². The monoisotopic (exact) mass is 472 g/mol. The number of hydrogen-bond acceptors (Lipinski definition) is 5. The third kappa shape index (κ3) is 5.83. The molecule has 7 nitrogen and oxygen atoms in total. The largest absolute Gasteiger partial charge is 0.278 e. The van der Waals surface area contributed by atoms with Gasteiger partial charge in [-0.1, -0.05) is 41.4 Å². The summed E-state index contributed by atoms with van der Waals surface area (Å²) >= 11 is 11.9. The molecule has 0 bridgehead atoms. The molecule has 1 amide bonds. The lowest BCUT2D eigenvalue weighted by molar-refractivity contribution is 0.0955. The fourth-order valence-corrected chi connectivity index (χ4v) is 3.97. The van der Waals surface area contributed by atoms with Crippen molar-refractivity contribution in [2.24, 2.45) is 5.10 Å². The summed E-state index contributed by atoms with van der Waals surface area (Å²) in [6.45, 7) is 0. The van der Waals surface area contributed by atoms with E-state index in [0.29, 0.717) is 16.1 Å². The number of nitrogens with zero attached hydrogens (tertiary/aromatic N) is 2. The molecule has 0 saturated heterocycles. The topological polar surface area (TPSA) is 111 Å². The molecule has 0 aliphatic carbocycles. The number of hydrazone groups is 1. The Balaban J connectivity index is 1.73. The molecule has 0 aromatic heterocycles. The molecule has 0 fully saturated rings. The van der Waals surface area contributed by atoms with Gasteiger partial charge in [-0.15, -0.1) is 0 Å². The number of rotatable bonds is 6. The van der Waals surface area contributed by atoms with E-state index in [-0.39, 0.29) is 21.2 Å². The van der Waals surface area contributed by atoms with Crippen LogP contribution in [0.2, 0.25) is 10.0 Å². The Bertz CT molecular complexity index is 1300. The van der Waals surface area contributed by atoms with Crippen molar-refractivity contribution in [3.63, 3.8) is 0 Å². The highest BCUT2D eigenvalue weighted by atomic mass is 35.5. The molecule has 0 unspecified atom stereocenters. The lowest BCUT2D eigenvalue weighted by Crippen LogP contribution is -2.19. The molecule has 0 radical (unpaired) electrons. The molecule has 0 aliphatic heterocycles. The smallest absolute Gasteiger partial charge is 0.271 e. The Hall–Kier alpha value is -3.38. The van der Waals surface area contributed by atoms with Gasteiger partial charge in [0.2, 0.25) is 0 Å². The standard InChI is InChI=1S/C21H14Cl2N4O3S/c22-17-8-9-19(23)20(11-17)27-31(29,30)18-3-1-2-16(10-18)21(28)26-25-13-15-6-4-14(12-24)5-7-15/h1-11,13,27H,(H,26,28)/b25-13-. The molecule has 0 aliphatic rings. The molecule has 2 N–H and O–H groups in total. The van der Waals surface area contributed by atoms with Crippen molar-refractivity contribution in [1.82, 2.24) is 5.43 Å². The fraction of sp³-hybridized carbons (Fsp3) is 0. The van der Waals surface area contributed by atoms with E-state index in [1.54, 1.807) is 24.3 Å². The Morgan fingerprint density at radius 2 is 1.77 bits per heavy atom. The van der Waals surface area contributed by atoms with Crippen LogP contribution in [0.1, 0.15) is 21.5 Å². The Labute approximate surface area is 189 Å². The second-order valence-electron chi connectivity index (χ2n) is 6.19. The predicted octanol–water partition coefficient (Wildman–Crippen LogP) is 4.43. The van der Waals surface area contributed by atoms with Crippen LogP contribution in [-0.2, 0) is 10.0 Å². The summed E-state index contributed by atoms with van der Waals surface area (Å²) in [5.74, 6) is -0.595. The summed E-state index contributed by atoms with van der Waals surface area (Å²) in [6, 6.07) is 18.4. The van der Waals surface area contributed by atoms with Gasteiger partial charge in [-0.2, -0.15) is 10.4 Å². The van der Waals surface area contributed by atoms with Crippen molar-refractivity contribution in [2.45, 2.75) is 4.90 Å². The highest BCUT2D eigenvalue weighted by molar-refractivity contribution is 7.92. The number of halogens is 2. The van der Waals surface area contributed by atoms with E-state index in [0.717, 1.165) is 0 Å². The summed E-state index contributed by atoms with van der Waals surface area (Å²) < 4.78 is 27.7. The first-order valence-electron chi connectivity index (χ1n) is 8.70. The van der Waals surface area contributed by atoms with E-state index < -0.39 is 15.9 Å². The molecule has 3 aromatic carbocycles. The normalized spacial score (nSPS) is 11.1. The van der Waals surface area contributed by atoms with Crippen molar-refractivity contribution in [3.8, 4) is 6.07 Å². The predicted molar refractivity (Wildman–Crippen MR) is 120 cm³/mol. The number of benzene rings is 3. The van der Waals surface area contributed by atoms with Gasteiger partial charge in [-0.05, 0) is 54.1 Å². The molecule has 10 heteroatoms. The summed E-state index contributed by atoms with van der Waals surface area (Å²) in [6.07, 6.45) is 1.41. The number of anilines is 1. The highest BCUT2D eigenvalue weighted by Crippen LogP contribution is 2.27. The maximum absolute atomic E-state index is 12.7. The molecule has 0 saturated carbocycles. The average Bonchev–Trinajstić information content (AvgIpc) is 2.76. The summed E-state index contributed by atoms with van der Waals surface area (Å²) in [5, 5.41) is 13.1. The number of carbonyl (C=O) groups is 1. The summed E-state index contributed by atoms with van der Waals surface area (Å²) in [5.41, 5.74) is 3.73. The number of nitriles is 1. The van der Waals surface area contributed by atoms with Gasteiger partial charge in [0.15, 0.2) is 0 Å². The van der Waals surface area contributed by atoms with Crippen LogP contribution in [-0.4, -0.2) is 20.5 Å². The number of sulfonamides is 1. The zero-order valence-corrected chi connectivity index (χ0v) is 18.0. The lowest BCUT2D eigenvalue weighted by Gasteiger charge is -2.11. The molecule has 3 rings (SSSR count). The minimum atomic E-state index is -4.02. The number of carbonyl (C=O) groups excluding carboxylic acids is 1. The first-order valence-corrected chi connectivity index (χ1v) is 10.9. The highest BCUT2D eigenvalue weighted by Gasteiger charge is 2.18. The van der Waals surface area contributed by atoms with Gasteiger partial charge in [0.25, 0.3) is 15.9 Å². The number of hydrogen-bond donors (Lipinski definition) is 2. The minimum Gasteiger partial charge on any atom is -0.278 e. The van der Waals surface area contributed by atoms with Crippen LogP contribution in [0, 0.1) is 11.3 Å². The number of nitrogens with one attached hydrogen (secondary N) is 2. The first-order chi connectivity index (χ1) is 14.8. The second-order valence-corrected chi connectivity index (χ2v) is 8.72. The van der Waals surface area contributed by atoms with Gasteiger partial charge >= 0.3 is 0 Å². The third-order valence-corrected chi connectivity index (χ3v) is 5.93. The van der Waals surface area contributed by atoms with Crippen molar-refractivity contribution < 1.29 is 13.2 Å². The van der Waals surface area contributed by atoms with Gasteiger partial charge in [-0.25, -0.2) is 13.8 Å². The van der Waals surface area contributed by atoms with Crippen LogP contribution in [0.5, 0.6) is 0 Å². The summed E-state index contributed by atoms with van der Waals surface area (Å²) in [4.78, 5) is 12.2. The van der Waals surface area contributed by atoms with Gasteiger partial charge in [0.1, 0.15) is 0 Å². The quantitative estimate of drug-likeness (QED) is 0.408. The van der Waals surface area contributed by atoms with Gasteiger partial charge in [0.05, 0.1) is 33.5 Å². The maximum atomic E-state index is 12.7. The number of amides is 1. The second kappa shape index (κ2) is 9.62. The molecule has 3 aromatic rings. The molecule has 31 heavy (non-hydrogen) atoms. The molecule has 0 atom stereocenters. The van der Waals surface area contributed by atoms with Crippen molar-refractivity contribution in [1.29, 1.82) is 5.26 Å². The van der Waals surface area contributed by atoms with Crippen LogP contribution in [0.3, 0.4) is 0 Å². The van der Waals surface area contributed by atoms with Crippen molar-refractivity contribution in [2.75, 3.05) is 4.72 Å². The van der Waals surface area contributed by atoms with E-state index in [4.69, 9.17) is 28.5 Å². The molecular formula is C21H14Cl2N4O3S. The average molecular weight is 473 g/mol. The van der Waals surface area contributed by atoms with Crippen LogP contribution >= 0.6 is 23.2 Å². The molecule has 156 valence electrons. The fourth-order valence-electron chi connectivity index (χ4n) is 2.46. The lowest BCUT2D eigenvalue weighted by atomic mass is 10.2. The zero-order chi connectivity index (χ0) is 22.4. The molecule has 0 heterocycles. The first kappa shape index (κ1) is 22.3. The van der Waals surface area contributed by atoms with E-state index in [1.165, 1.54) is 48.7 Å². The van der Waals surface area contributed by atoms with E-state index in [2.05, 4.69) is 15.2 Å². The Morgan fingerprint density at radius 1 is 1.03 bits per heavy atom. The molecule has 0 spiro atoms. The van der Waals surface area contributed by atoms with Crippen molar-refractivity contribution in [3.05, 3.63) is 93.5 Å². The van der Waals surface area contributed by atoms with E-state index in [1.807, 2.05) is 6.07 Å². The third-order valence-electron chi connectivity index (χ3n) is 4.00. The zero-order valence-electron chi connectivity index (χ0n) is 15.7. The van der Waals surface area contributed by atoms with E-state index in [9.17, 15) is 13.2 Å². The van der Waals surface area contributed by atoms with Crippen LogP contribution < -0.4 is 10.1 Å². The Morgan fingerprint density at radius 3 is 2.48 bits per heavy atom. The van der Waals surface area contributed by atoms with Crippen LogP contribution in [0.25, 0.3) is 0 Å². The Kier molecular flexibility index (Phi) is 6.92. The molecular weight excluding hydrogens is 459 g/mol. The minimum absolute atomic E-state index is 0.0945. The van der Waals surface area contributed by atoms with Crippen molar-refractivity contribution >= 4 is 51.0 Å². The summed E-state index contributed by atoms with van der Waals surface area (Å²) in [7, 11) is -4.02. The van der Waals surface area contributed by atoms with E-state index >= 15 is 0 Å². The maximum Gasteiger partial charge on any atom is 0.271 e. The van der Waals surface area contributed by atoms with Gasteiger partial charge < -0.3 is 0 Å². The van der Waals surface area contributed by atoms with Crippen LogP contribution in [0.4, 0.5) is 5.69 Å². The van der Waals surface area contributed by atoms with Gasteiger partial charge in [-0.3, -0.25) is 9.52 Å². The van der Waals surface area contributed by atoms with Crippen LogP contribution in [0.15, 0.2) is 76.7 Å².